The van der Waals surface area contributed by atoms with Crippen LogP contribution in [0.3, 0.4) is 0 Å². The van der Waals surface area contributed by atoms with Crippen molar-refractivity contribution in [1.29, 1.82) is 0 Å². The van der Waals surface area contributed by atoms with Crippen LogP contribution in [0, 0.1) is 11.6 Å². The number of benzene rings is 1. The predicted molar refractivity (Wildman–Crippen MR) is 95.6 cm³/mol. The van der Waals surface area contributed by atoms with E-state index in [1.807, 2.05) is 0 Å². The summed E-state index contributed by atoms with van der Waals surface area (Å²) in [6.07, 6.45) is -9.82. The summed E-state index contributed by atoms with van der Waals surface area (Å²) in [4.78, 5) is 11.0. The van der Waals surface area contributed by atoms with Crippen LogP contribution >= 0.6 is 0 Å². The second kappa shape index (κ2) is 9.24. The van der Waals surface area contributed by atoms with E-state index in [9.17, 15) is 52.7 Å². The molecule has 1 aromatic carbocycles. The largest absolute Gasteiger partial charge is 0.419 e. The monoisotopic (exact) mass is 511 g/mol. The highest BCUT2D eigenvalue weighted by Gasteiger charge is 2.40. The third kappa shape index (κ3) is 5.98. The molecule has 184 valence electrons. The quantitative estimate of drug-likeness (QED) is 0.546. The van der Waals surface area contributed by atoms with E-state index >= 15 is 0 Å². The number of hydrogen-bond acceptors (Lipinski definition) is 3. The maximum Gasteiger partial charge on any atom is 0.419 e. The first-order chi connectivity index (χ1) is 15.0. The number of nitrogens with zero attached hydrogens (tertiary/aromatic N) is 1. The fourth-order valence-electron chi connectivity index (χ4n) is 2.56. The number of halogens is 9. The number of sulfonamides is 1. The van der Waals surface area contributed by atoms with Crippen molar-refractivity contribution in [2.45, 2.75) is 36.8 Å². The SMILES string of the molecule is C[C@@H](NS(=O)(=O)c1cn(CCF)c(C(=O)Nc2ccc(F)c(C(F)(F)F)c2)c1F)C(F)(F)F. The van der Waals surface area contributed by atoms with E-state index < -0.39 is 81.0 Å². The lowest BCUT2D eigenvalue weighted by Crippen LogP contribution is -2.43. The molecule has 6 nitrogen and oxygen atoms in total. The first-order valence-electron chi connectivity index (χ1n) is 8.70. The lowest BCUT2D eigenvalue weighted by Gasteiger charge is -2.16. The van der Waals surface area contributed by atoms with Gasteiger partial charge >= 0.3 is 12.4 Å². The van der Waals surface area contributed by atoms with E-state index in [1.54, 1.807) is 5.32 Å². The number of amides is 1. The predicted octanol–water partition coefficient (Wildman–Crippen LogP) is 4.24. The van der Waals surface area contributed by atoms with Gasteiger partial charge in [-0.1, -0.05) is 0 Å². The maximum absolute atomic E-state index is 14.8. The van der Waals surface area contributed by atoms with Gasteiger partial charge in [0.15, 0.2) is 5.82 Å². The van der Waals surface area contributed by atoms with Crippen molar-refractivity contribution < 1.29 is 52.7 Å². The van der Waals surface area contributed by atoms with Crippen LogP contribution in [0.1, 0.15) is 23.0 Å². The number of nitrogens with one attached hydrogen (secondary N) is 2. The van der Waals surface area contributed by atoms with Gasteiger partial charge in [-0.15, -0.1) is 0 Å². The lowest BCUT2D eigenvalue weighted by atomic mass is 10.1. The Morgan fingerprint density at radius 2 is 1.73 bits per heavy atom. The molecular formula is C17H14F9N3O3S. The van der Waals surface area contributed by atoms with E-state index in [2.05, 4.69) is 0 Å². The molecule has 1 heterocycles. The molecule has 0 saturated heterocycles. The molecule has 0 saturated carbocycles. The molecule has 1 atom stereocenters. The molecule has 2 N–H and O–H groups in total. The van der Waals surface area contributed by atoms with Gasteiger partial charge in [-0.2, -0.15) is 31.1 Å². The van der Waals surface area contributed by atoms with Crippen LogP contribution in [0.2, 0.25) is 0 Å². The minimum atomic E-state index is -5.20. The molecule has 2 rings (SSSR count). The number of aromatic nitrogens is 1. The van der Waals surface area contributed by atoms with Gasteiger partial charge in [0.25, 0.3) is 5.91 Å². The normalized spacial score (nSPS) is 13.8. The minimum Gasteiger partial charge on any atom is -0.337 e. The van der Waals surface area contributed by atoms with Crippen LogP contribution in [0.15, 0.2) is 29.3 Å². The highest BCUT2D eigenvalue weighted by Crippen LogP contribution is 2.33. The Morgan fingerprint density at radius 3 is 2.24 bits per heavy atom. The zero-order valence-electron chi connectivity index (χ0n) is 16.3. The molecule has 2 aromatic rings. The molecule has 1 aromatic heterocycles. The van der Waals surface area contributed by atoms with Gasteiger partial charge in [0.05, 0.1) is 12.1 Å². The summed E-state index contributed by atoms with van der Waals surface area (Å²) in [5, 5.41) is 1.78. The molecule has 0 spiro atoms. The number of carbonyl (C=O) groups excluding carboxylic acids is 1. The molecule has 0 radical (unpaired) electrons. The molecule has 0 aliphatic heterocycles. The van der Waals surface area contributed by atoms with Crippen LogP contribution < -0.4 is 10.0 Å². The first kappa shape index (κ1) is 26.5. The Hall–Kier alpha value is -2.75. The standard InChI is InChI=1S/C17H14F9N3O3S/c1-8(16(21,22)23)28-33(31,32)12-7-29(5-4-18)14(13(12)20)15(30)27-9-2-3-11(19)10(6-9)17(24,25)26/h2-3,6-8,28H,4-5H2,1H3,(H,27,30)/t8-/m1/s1. The Labute approximate surface area is 180 Å². The number of alkyl halides is 7. The molecule has 1 amide bonds. The third-order valence-electron chi connectivity index (χ3n) is 4.17. The van der Waals surface area contributed by atoms with Gasteiger partial charge in [0, 0.05) is 11.9 Å². The highest BCUT2D eigenvalue weighted by atomic mass is 32.2. The second-order valence-electron chi connectivity index (χ2n) is 6.57. The van der Waals surface area contributed by atoms with Crippen molar-refractivity contribution in [3.8, 4) is 0 Å². The van der Waals surface area contributed by atoms with Crippen molar-refractivity contribution in [1.82, 2.24) is 9.29 Å². The van der Waals surface area contributed by atoms with Gasteiger partial charge in [-0.3, -0.25) is 4.79 Å². The molecule has 16 heteroatoms. The number of hydrogen-bond donors (Lipinski definition) is 2. The van der Waals surface area contributed by atoms with Crippen molar-refractivity contribution in [2.75, 3.05) is 12.0 Å². The van der Waals surface area contributed by atoms with Crippen molar-refractivity contribution >= 4 is 21.6 Å². The van der Waals surface area contributed by atoms with E-state index in [4.69, 9.17) is 0 Å². The second-order valence-corrected chi connectivity index (χ2v) is 8.25. The Bertz CT molecular complexity index is 1140. The molecule has 0 aliphatic rings. The zero-order chi connectivity index (χ0) is 25.4. The van der Waals surface area contributed by atoms with E-state index in [0.717, 1.165) is 4.72 Å². The molecule has 0 fully saturated rings. The molecular weight excluding hydrogens is 497 g/mol. The first-order valence-corrected chi connectivity index (χ1v) is 10.2. The number of aryl methyl sites for hydroxylation is 1. The summed E-state index contributed by atoms with van der Waals surface area (Å²) in [7, 11) is -5.20. The van der Waals surface area contributed by atoms with Crippen LogP contribution in [-0.2, 0) is 22.7 Å². The molecule has 0 aliphatic carbocycles. The number of anilines is 1. The summed E-state index contributed by atoms with van der Waals surface area (Å²) in [6.45, 7) is -1.66. The molecule has 0 unspecified atom stereocenters. The summed E-state index contributed by atoms with van der Waals surface area (Å²) >= 11 is 0. The van der Waals surface area contributed by atoms with E-state index in [1.165, 1.54) is 0 Å². The fraction of sp³-hybridized carbons (Fsp3) is 0.353. The van der Waals surface area contributed by atoms with Crippen LogP contribution in [0.4, 0.5) is 45.2 Å². The molecule has 0 bridgehead atoms. The topological polar surface area (TPSA) is 80.2 Å². The maximum atomic E-state index is 14.8. The van der Waals surface area contributed by atoms with Crippen LogP contribution in [0.25, 0.3) is 0 Å². The Balaban J connectivity index is 2.47. The fourth-order valence-corrected chi connectivity index (χ4v) is 3.89. The van der Waals surface area contributed by atoms with Gasteiger partial charge in [-0.25, -0.2) is 21.6 Å². The summed E-state index contributed by atoms with van der Waals surface area (Å²) in [5.74, 6) is -5.11. The average Bonchev–Trinajstić information content (AvgIpc) is 2.98. The van der Waals surface area contributed by atoms with Crippen LogP contribution in [0.5, 0.6) is 0 Å². The van der Waals surface area contributed by atoms with Crippen molar-refractivity contribution in [2.24, 2.45) is 0 Å². The third-order valence-corrected chi connectivity index (χ3v) is 5.69. The minimum absolute atomic E-state index is 0.178. The lowest BCUT2D eigenvalue weighted by molar-refractivity contribution is -0.147. The van der Waals surface area contributed by atoms with Gasteiger partial charge < -0.3 is 9.88 Å². The highest BCUT2D eigenvalue weighted by molar-refractivity contribution is 7.89. The zero-order valence-corrected chi connectivity index (χ0v) is 17.1. The van der Waals surface area contributed by atoms with Gasteiger partial charge in [0.2, 0.25) is 10.0 Å². The Morgan fingerprint density at radius 1 is 1.12 bits per heavy atom. The van der Waals surface area contributed by atoms with Crippen molar-refractivity contribution in [3.05, 3.63) is 47.3 Å². The van der Waals surface area contributed by atoms with Gasteiger partial charge in [0.1, 0.15) is 29.1 Å². The van der Waals surface area contributed by atoms with Gasteiger partial charge in [-0.05, 0) is 25.1 Å². The molecule has 33 heavy (non-hydrogen) atoms. The summed E-state index contributed by atoms with van der Waals surface area (Å²) in [6, 6.07) is -1.43. The smallest absolute Gasteiger partial charge is 0.337 e. The van der Waals surface area contributed by atoms with E-state index in [0.29, 0.717) is 29.8 Å². The number of carbonyl (C=O) groups is 1. The van der Waals surface area contributed by atoms with Crippen LogP contribution in [-0.4, -0.2) is 37.8 Å². The average molecular weight is 511 g/mol. The summed E-state index contributed by atoms with van der Waals surface area (Å²) < 4.78 is 143. The van der Waals surface area contributed by atoms with Crippen molar-refractivity contribution in [3.63, 3.8) is 0 Å². The summed E-state index contributed by atoms with van der Waals surface area (Å²) in [5.41, 5.74) is -3.63. The van der Waals surface area contributed by atoms with E-state index in [-0.39, 0.29) is 6.07 Å². The Kier molecular flexibility index (Phi) is 7.42. The number of rotatable bonds is 7.